The predicted molar refractivity (Wildman–Crippen MR) is 49.0 cm³/mol. The molecule has 2 aromatic rings. The van der Waals surface area contributed by atoms with Gasteiger partial charge in [0.05, 0.1) is 0 Å². The van der Waals surface area contributed by atoms with Gasteiger partial charge in [-0.3, -0.25) is 4.79 Å². The monoisotopic (exact) mass is 195 g/mol. The average Bonchev–Trinajstić information content (AvgIpc) is 2.59. The topological polar surface area (TPSA) is 43.1 Å². The Balaban J connectivity index is 2.74. The lowest BCUT2D eigenvalue weighted by Crippen LogP contribution is -1.81. The van der Waals surface area contributed by atoms with Crippen molar-refractivity contribution in [3.8, 4) is 0 Å². The van der Waals surface area contributed by atoms with E-state index in [-0.39, 0.29) is 5.89 Å². The van der Waals surface area contributed by atoms with Gasteiger partial charge in [0, 0.05) is 5.88 Å². The Bertz CT molecular complexity index is 450. The number of nitrogens with zero attached hydrogens (tertiary/aromatic N) is 1. The van der Waals surface area contributed by atoms with E-state index in [1.807, 2.05) is 12.1 Å². The average molecular weight is 196 g/mol. The summed E-state index contributed by atoms with van der Waals surface area (Å²) in [6.45, 7) is 0. The van der Waals surface area contributed by atoms with Crippen molar-refractivity contribution in [3.63, 3.8) is 0 Å². The van der Waals surface area contributed by atoms with Crippen molar-refractivity contribution in [2.24, 2.45) is 0 Å². The number of hydrogen-bond donors (Lipinski definition) is 0. The van der Waals surface area contributed by atoms with Gasteiger partial charge in [0.1, 0.15) is 5.52 Å². The third kappa shape index (κ3) is 1.31. The fourth-order valence-corrected chi connectivity index (χ4v) is 1.40. The summed E-state index contributed by atoms with van der Waals surface area (Å²) in [6.07, 6.45) is 0.581. The molecule has 13 heavy (non-hydrogen) atoms. The Hall–Kier alpha value is -1.35. The number of benzene rings is 1. The highest BCUT2D eigenvalue weighted by Gasteiger charge is 2.07. The van der Waals surface area contributed by atoms with Crippen LogP contribution >= 0.6 is 11.6 Å². The number of carbonyl (C=O) groups is 1. The van der Waals surface area contributed by atoms with Crippen LogP contribution in [0.5, 0.6) is 0 Å². The number of aldehydes is 1. The van der Waals surface area contributed by atoms with E-state index in [9.17, 15) is 4.79 Å². The molecule has 0 N–H and O–H groups in total. The number of hydrogen-bond acceptors (Lipinski definition) is 3. The molecule has 0 aliphatic heterocycles. The first kappa shape index (κ1) is 8.26. The van der Waals surface area contributed by atoms with Gasteiger partial charge in [0.2, 0.25) is 6.29 Å². The first-order valence-corrected chi connectivity index (χ1v) is 4.28. The smallest absolute Gasteiger partial charge is 0.260 e. The van der Waals surface area contributed by atoms with Crippen LogP contribution in [-0.2, 0) is 5.88 Å². The van der Waals surface area contributed by atoms with Gasteiger partial charge >= 0.3 is 0 Å². The van der Waals surface area contributed by atoms with E-state index in [4.69, 9.17) is 16.0 Å². The zero-order valence-electron chi connectivity index (χ0n) is 6.66. The number of rotatable bonds is 2. The molecule has 0 saturated carbocycles. The van der Waals surface area contributed by atoms with Crippen molar-refractivity contribution in [1.29, 1.82) is 0 Å². The van der Waals surface area contributed by atoms with Gasteiger partial charge < -0.3 is 4.42 Å². The minimum Gasteiger partial charge on any atom is -0.434 e. The summed E-state index contributed by atoms with van der Waals surface area (Å²) in [5, 5.41) is 0. The first-order chi connectivity index (χ1) is 6.35. The summed E-state index contributed by atoms with van der Waals surface area (Å²) in [4.78, 5) is 14.4. The van der Waals surface area contributed by atoms with Crippen molar-refractivity contribution in [2.45, 2.75) is 5.88 Å². The number of carbonyl (C=O) groups excluding carboxylic acids is 1. The molecule has 66 valence electrons. The molecule has 1 aromatic heterocycles. The highest BCUT2D eigenvalue weighted by molar-refractivity contribution is 6.17. The molecule has 1 heterocycles. The molecule has 0 unspecified atom stereocenters. The van der Waals surface area contributed by atoms with Crippen LogP contribution < -0.4 is 0 Å². The van der Waals surface area contributed by atoms with Crippen LogP contribution in [0, 0.1) is 0 Å². The molecule has 1 aromatic carbocycles. The Kier molecular flexibility index (Phi) is 2.02. The molecule has 0 aliphatic rings. The Morgan fingerprint density at radius 3 is 3.08 bits per heavy atom. The van der Waals surface area contributed by atoms with Crippen LogP contribution in [0.25, 0.3) is 11.1 Å². The molecule has 4 heteroatoms. The van der Waals surface area contributed by atoms with Gasteiger partial charge in [-0.1, -0.05) is 12.1 Å². The molecule has 0 radical (unpaired) electrons. The molecule has 0 saturated heterocycles. The van der Waals surface area contributed by atoms with E-state index in [1.165, 1.54) is 0 Å². The second-order valence-electron chi connectivity index (χ2n) is 2.57. The second-order valence-corrected chi connectivity index (χ2v) is 2.83. The zero-order chi connectivity index (χ0) is 9.26. The van der Waals surface area contributed by atoms with Gasteiger partial charge in [0.15, 0.2) is 5.58 Å². The summed E-state index contributed by atoms with van der Waals surface area (Å²) >= 11 is 5.69. The van der Waals surface area contributed by atoms with E-state index >= 15 is 0 Å². The number of fused-ring (bicyclic) bond motifs is 1. The SMILES string of the molecule is O=Cc1nc2c(CCl)cccc2o1. The molecular weight excluding hydrogens is 190 g/mol. The fourth-order valence-electron chi connectivity index (χ4n) is 1.18. The maximum absolute atomic E-state index is 10.4. The van der Waals surface area contributed by atoms with Gasteiger partial charge in [-0.05, 0) is 11.6 Å². The van der Waals surface area contributed by atoms with Crippen LogP contribution in [-0.4, -0.2) is 11.3 Å². The minimum atomic E-state index is 0.0903. The van der Waals surface area contributed by atoms with Crippen LogP contribution in [0.4, 0.5) is 0 Å². The van der Waals surface area contributed by atoms with Crippen LogP contribution in [0.15, 0.2) is 22.6 Å². The Labute approximate surface area is 79.3 Å². The molecule has 0 bridgehead atoms. The minimum absolute atomic E-state index is 0.0903. The van der Waals surface area contributed by atoms with E-state index < -0.39 is 0 Å². The lowest BCUT2D eigenvalue weighted by Gasteiger charge is -1.92. The molecule has 0 fully saturated rings. The molecular formula is C9H6ClNO2. The van der Waals surface area contributed by atoms with Gasteiger partial charge in [-0.2, -0.15) is 0 Å². The van der Waals surface area contributed by atoms with Crippen LogP contribution in [0.2, 0.25) is 0 Å². The largest absolute Gasteiger partial charge is 0.434 e. The molecule has 0 atom stereocenters. The molecule has 0 aliphatic carbocycles. The maximum atomic E-state index is 10.4. The van der Waals surface area contributed by atoms with Gasteiger partial charge in [-0.15, -0.1) is 11.6 Å². The molecule has 0 spiro atoms. The van der Waals surface area contributed by atoms with Crippen LogP contribution in [0.1, 0.15) is 16.2 Å². The maximum Gasteiger partial charge on any atom is 0.260 e. The summed E-state index contributed by atoms with van der Waals surface area (Å²) in [5.74, 6) is 0.454. The number of halogens is 1. The van der Waals surface area contributed by atoms with Crippen molar-refractivity contribution in [1.82, 2.24) is 4.98 Å². The van der Waals surface area contributed by atoms with E-state index in [2.05, 4.69) is 4.98 Å². The highest BCUT2D eigenvalue weighted by atomic mass is 35.5. The summed E-state index contributed by atoms with van der Waals surface area (Å²) < 4.78 is 5.12. The van der Waals surface area contributed by atoms with Crippen LogP contribution in [0.3, 0.4) is 0 Å². The first-order valence-electron chi connectivity index (χ1n) is 3.74. The number of aromatic nitrogens is 1. The molecule has 0 amide bonds. The zero-order valence-corrected chi connectivity index (χ0v) is 7.41. The third-order valence-electron chi connectivity index (χ3n) is 1.76. The van der Waals surface area contributed by atoms with Crippen molar-refractivity contribution >= 4 is 29.0 Å². The lowest BCUT2D eigenvalue weighted by molar-refractivity contribution is 0.109. The van der Waals surface area contributed by atoms with E-state index in [1.54, 1.807) is 6.07 Å². The van der Waals surface area contributed by atoms with Crippen molar-refractivity contribution < 1.29 is 9.21 Å². The Morgan fingerprint density at radius 1 is 1.54 bits per heavy atom. The number of para-hydroxylation sites is 1. The third-order valence-corrected chi connectivity index (χ3v) is 2.05. The summed E-state index contributed by atoms with van der Waals surface area (Å²) in [7, 11) is 0. The summed E-state index contributed by atoms with van der Waals surface area (Å²) in [6, 6.07) is 5.43. The molecule has 3 nitrogen and oxygen atoms in total. The van der Waals surface area contributed by atoms with Gasteiger partial charge in [0.25, 0.3) is 5.89 Å². The fraction of sp³-hybridized carbons (Fsp3) is 0.111. The normalized spacial score (nSPS) is 10.5. The highest BCUT2D eigenvalue weighted by Crippen LogP contribution is 2.19. The van der Waals surface area contributed by atoms with Gasteiger partial charge in [-0.25, -0.2) is 4.98 Å². The summed E-state index contributed by atoms with van der Waals surface area (Å²) in [5.41, 5.74) is 2.14. The van der Waals surface area contributed by atoms with Crippen molar-refractivity contribution in [2.75, 3.05) is 0 Å². The number of alkyl halides is 1. The standard InChI is InChI=1S/C9H6ClNO2/c10-4-6-2-1-3-7-9(6)11-8(5-12)13-7/h1-3,5H,4H2. The van der Waals surface area contributed by atoms with Crippen molar-refractivity contribution in [3.05, 3.63) is 29.7 Å². The second kappa shape index (κ2) is 3.18. The lowest BCUT2D eigenvalue weighted by atomic mass is 10.2. The number of oxazole rings is 1. The van der Waals surface area contributed by atoms with E-state index in [0.717, 1.165) is 5.56 Å². The van der Waals surface area contributed by atoms with E-state index in [0.29, 0.717) is 23.3 Å². The molecule has 2 rings (SSSR count). The predicted octanol–water partition coefficient (Wildman–Crippen LogP) is 2.38. The Morgan fingerprint density at radius 2 is 2.38 bits per heavy atom. The quantitative estimate of drug-likeness (QED) is 0.546.